The fourth-order valence-corrected chi connectivity index (χ4v) is 3.79. The van der Waals surface area contributed by atoms with E-state index in [4.69, 9.17) is 9.47 Å². The summed E-state index contributed by atoms with van der Waals surface area (Å²) in [5.41, 5.74) is -0.161. The second kappa shape index (κ2) is 7.08. The Hall–Kier alpha value is -1.64. The fourth-order valence-electron chi connectivity index (χ4n) is 2.20. The van der Waals surface area contributed by atoms with E-state index < -0.39 is 15.4 Å². The predicted molar refractivity (Wildman–Crippen MR) is 90.7 cm³/mol. The van der Waals surface area contributed by atoms with E-state index in [0.717, 1.165) is 0 Å². The lowest BCUT2D eigenvalue weighted by atomic mass is 9.95. The maximum atomic E-state index is 12.9. The molecule has 0 saturated carbocycles. The third-order valence-corrected chi connectivity index (χ3v) is 5.61. The first-order valence-electron chi connectivity index (χ1n) is 7.73. The lowest BCUT2D eigenvalue weighted by Crippen LogP contribution is -2.40. The van der Waals surface area contributed by atoms with E-state index >= 15 is 0 Å². The third kappa shape index (κ3) is 4.06. The van der Waals surface area contributed by atoms with Crippen molar-refractivity contribution in [1.82, 2.24) is 4.31 Å². The van der Waals surface area contributed by atoms with Gasteiger partial charge in [-0.25, -0.2) is 8.42 Å². The first-order valence-corrected chi connectivity index (χ1v) is 9.17. The quantitative estimate of drug-likeness (QED) is 0.888. The average molecular weight is 356 g/mol. The van der Waals surface area contributed by atoms with Crippen LogP contribution < -0.4 is 10.1 Å². The van der Waals surface area contributed by atoms with Crippen LogP contribution in [0.3, 0.4) is 0 Å². The van der Waals surface area contributed by atoms with E-state index in [-0.39, 0.29) is 16.6 Å². The van der Waals surface area contributed by atoms with Crippen molar-refractivity contribution in [1.29, 1.82) is 0 Å². The molecule has 24 heavy (non-hydrogen) atoms. The predicted octanol–water partition coefficient (Wildman–Crippen LogP) is 1.70. The van der Waals surface area contributed by atoms with Gasteiger partial charge in [0, 0.05) is 24.2 Å². The molecule has 1 aromatic rings. The standard InChI is InChI=1S/C16H24N2O5S/c1-16(2,3)15(19)17-12-5-6-13(22-4)14(11-12)24(20,21)18-7-9-23-10-8-18/h5-6,11H,7-10H2,1-4H3,(H,17,19). The molecule has 1 aliphatic rings. The van der Waals surface area contributed by atoms with E-state index in [2.05, 4.69) is 5.32 Å². The molecular weight excluding hydrogens is 332 g/mol. The van der Waals surface area contributed by atoms with Crippen LogP contribution in [-0.2, 0) is 19.6 Å². The van der Waals surface area contributed by atoms with Crippen molar-refractivity contribution >= 4 is 21.6 Å². The lowest BCUT2D eigenvalue weighted by molar-refractivity contribution is -0.123. The van der Waals surface area contributed by atoms with Crippen LogP contribution in [-0.4, -0.2) is 52.0 Å². The molecule has 1 N–H and O–H groups in total. The topological polar surface area (TPSA) is 84.9 Å². The summed E-state index contributed by atoms with van der Waals surface area (Å²) in [5.74, 6) is 0.0534. The summed E-state index contributed by atoms with van der Waals surface area (Å²) >= 11 is 0. The van der Waals surface area contributed by atoms with Crippen LogP contribution in [0.15, 0.2) is 23.1 Å². The van der Waals surface area contributed by atoms with Gasteiger partial charge >= 0.3 is 0 Å². The Labute approximate surface area is 143 Å². The zero-order valence-corrected chi connectivity index (χ0v) is 15.3. The Morgan fingerprint density at radius 1 is 1.25 bits per heavy atom. The number of methoxy groups -OCH3 is 1. The molecule has 7 nitrogen and oxygen atoms in total. The summed E-state index contributed by atoms with van der Waals surface area (Å²) in [4.78, 5) is 12.2. The van der Waals surface area contributed by atoms with Crippen molar-refractivity contribution in [2.45, 2.75) is 25.7 Å². The number of carbonyl (C=O) groups excluding carboxylic acids is 1. The first kappa shape index (κ1) is 18.7. The zero-order valence-electron chi connectivity index (χ0n) is 14.5. The Bertz CT molecular complexity index is 704. The third-order valence-electron chi connectivity index (χ3n) is 3.69. The molecule has 0 unspecified atom stereocenters. The van der Waals surface area contributed by atoms with Gasteiger partial charge in [-0.3, -0.25) is 4.79 Å². The molecule has 1 aliphatic heterocycles. The number of ether oxygens (including phenoxy) is 2. The number of nitrogens with zero attached hydrogens (tertiary/aromatic N) is 1. The van der Waals surface area contributed by atoms with Gasteiger partial charge in [-0.15, -0.1) is 0 Å². The molecule has 1 heterocycles. The first-order chi connectivity index (χ1) is 11.2. The van der Waals surface area contributed by atoms with Gasteiger partial charge in [0.2, 0.25) is 15.9 Å². The molecule has 1 aromatic carbocycles. The number of morpholine rings is 1. The van der Waals surface area contributed by atoms with E-state index in [1.54, 1.807) is 32.9 Å². The number of nitrogens with one attached hydrogen (secondary N) is 1. The van der Waals surface area contributed by atoms with Crippen LogP contribution in [0.5, 0.6) is 5.75 Å². The summed E-state index contributed by atoms with van der Waals surface area (Å²) in [7, 11) is -2.30. The summed E-state index contributed by atoms with van der Waals surface area (Å²) in [6.07, 6.45) is 0. The van der Waals surface area contributed by atoms with Crippen molar-refractivity contribution in [3.8, 4) is 5.75 Å². The van der Waals surface area contributed by atoms with E-state index in [1.165, 1.54) is 17.5 Å². The molecule has 1 saturated heterocycles. The number of carbonyl (C=O) groups is 1. The molecule has 0 bridgehead atoms. The highest BCUT2D eigenvalue weighted by molar-refractivity contribution is 7.89. The van der Waals surface area contributed by atoms with Gasteiger partial charge < -0.3 is 14.8 Å². The van der Waals surface area contributed by atoms with Gasteiger partial charge in [-0.2, -0.15) is 4.31 Å². The summed E-state index contributed by atoms with van der Waals surface area (Å²) < 4.78 is 37.5. The van der Waals surface area contributed by atoms with Gasteiger partial charge in [0.25, 0.3) is 0 Å². The fraction of sp³-hybridized carbons (Fsp3) is 0.562. The molecule has 2 rings (SSSR count). The summed E-state index contributed by atoms with van der Waals surface area (Å²) in [6.45, 7) is 6.68. The van der Waals surface area contributed by atoms with Crippen molar-refractivity contribution in [2.24, 2.45) is 5.41 Å². The number of anilines is 1. The number of rotatable bonds is 4. The van der Waals surface area contributed by atoms with Gasteiger partial charge in [0.05, 0.1) is 20.3 Å². The maximum absolute atomic E-state index is 12.9. The molecule has 0 spiro atoms. The molecule has 0 atom stereocenters. The highest BCUT2D eigenvalue weighted by Gasteiger charge is 2.30. The highest BCUT2D eigenvalue weighted by Crippen LogP contribution is 2.30. The molecule has 134 valence electrons. The van der Waals surface area contributed by atoms with E-state index in [0.29, 0.717) is 32.0 Å². The maximum Gasteiger partial charge on any atom is 0.246 e. The van der Waals surface area contributed by atoms with Gasteiger partial charge in [-0.1, -0.05) is 20.8 Å². The van der Waals surface area contributed by atoms with Crippen LogP contribution in [0, 0.1) is 5.41 Å². The summed E-state index contributed by atoms with van der Waals surface area (Å²) in [6, 6.07) is 4.61. The van der Waals surface area contributed by atoms with Gasteiger partial charge in [0.15, 0.2) is 0 Å². The number of hydrogen-bond acceptors (Lipinski definition) is 5. The number of hydrogen-bond donors (Lipinski definition) is 1. The van der Waals surface area contributed by atoms with Crippen LogP contribution in [0.2, 0.25) is 0 Å². The van der Waals surface area contributed by atoms with Gasteiger partial charge in [-0.05, 0) is 18.2 Å². The van der Waals surface area contributed by atoms with Crippen molar-refractivity contribution in [3.63, 3.8) is 0 Å². The smallest absolute Gasteiger partial charge is 0.246 e. The van der Waals surface area contributed by atoms with Crippen LogP contribution in [0.4, 0.5) is 5.69 Å². The number of amides is 1. The van der Waals surface area contributed by atoms with Gasteiger partial charge in [0.1, 0.15) is 10.6 Å². The minimum Gasteiger partial charge on any atom is -0.495 e. The van der Waals surface area contributed by atoms with Crippen LogP contribution in [0.1, 0.15) is 20.8 Å². The van der Waals surface area contributed by atoms with E-state index in [9.17, 15) is 13.2 Å². The SMILES string of the molecule is COc1ccc(NC(=O)C(C)(C)C)cc1S(=O)(=O)N1CCOCC1. The Morgan fingerprint density at radius 3 is 2.42 bits per heavy atom. The Kier molecular flexibility index (Phi) is 5.52. The molecule has 0 aromatic heterocycles. The highest BCUT2D eigenvalue weighted by atomic mass is 32.2. The van der Waals surface area contributed by atoms with Crippen LogP contribution >= 0.6 is 0 Å². The molecule has 0 radical (unpaired) electrons. The lowest BCUT2D eigenvalue weighted by Gasteiger charge is -2.27. The minimum atomic E-state index is -3.72. The molecule has 0 aliphatic carbocycles. The number of benzene rings is 1. The van der Waals surface area contributed by atoms with E-state index in [1.807, 2.05) is 0 Å². The molecular formula is C16H24N2O5S. The molecule has 1 amide bonds. The van der Waals surface area contributed by atoms with Crippen molar-refractivity contribution in [2.75, 3.05) is 38.7 Å². The second-order valence-corrected chi connectivity index (χ2v) is 8.49. The van der Waals surface area contributed by atoms with Crippen molar-refractivity contribution < 1.29 is 22.7 Å². The average Bonchev–Trinajstić information content (AvgIpc) is 2.54. The second-order valence-electron chi connectivity index (χ2n) is 6.59. The summed E-state index contributed by atoms with van der Waals surface area (Å²) in [5, 5.41) is 2.75. The largest absolute Gasteiger partial charge is 0.495 e. The Morgan fingerprint density at radius 2 is 1.88 bits per heavy atom. The normalized spacial score (nSPS) is 16.7. The molecule has 1 fully saturated rings. The monoisotopic (exact) mass is 356 g/mol. The van der Waals surface area contributed by atoms with Crippen molar-refractivity contribution in [3.05, 3.63) is 18.2 Å². The Balaban J connectivity index is 2.37. The molecule has 8 heteroatoms. The van der Waals surface area contributed by atoms with Crippen LogP contribution in [0.25, 0.3) is 0 Å². The minimum absolute atomic E-state index is 0.0404. The number of sulfonamides is 1. The zero-order chi connectivity index (χ0) is 18.0.